The van der Waals surface area contributed by atoms with Crippen LogP contribution in [0.25, 0.3) is 0 Å². The minimum Gasteiger partial charge on any atom is -0.493 e. The Hall–Kier alpha value is -3.92. The van der Waals surface area contributed by atoms with Crippen LogP contribution in [0.2, 0.25) is 0 Å². The first-order valence-electron chi connectivity index (χ1n) is 12.6. The number of aromatic nitrogens is 3. The van der Waals surface area contributed by atoms with E-state index in [4.69, 9.17) is 18.9 Å². The van der Waals surface area contributed by atoms with Crippen LogP contribution in [0.5, 0.6) is 11.8 Å². The number of nitrogens with zero attached hydrogens (tertiary/aromatic N) is 3. The number of hydrogen-bond donors (Lipinski definition) is 2. The topological polar surface area (TPSA) is 117 Å². The van der Waals surface area contributed by atoms with Gasteiger partial charge in [-0.3, -0.25) is 0 Å². The van der Waals surface area contributed by atoms with Crippen molar-refractivity contribution in [1.82, 2.24) is 15.0 Å². The molecule has 2 N–H and O–H groups in total. The summed E-state index contributed by atoms with van der Waals surface area (Å²) in [7, 11) is 1.35. The molecule has 0 spiro atoms. The van der Waals surface area contributed by atoms with E-state index in [1.165, 1.54) is 7.11 Å². The molecule has 1 aliphatic heterocycles. The molecule has 1 aromatic heterocycles. The molecular formula is C27H33N5O5. The van der Waals surface area contributed by atoms with Gasteiger partial charge >= 0.3 is 12.0 Å². The quantitative estimate of drug-likeness (QED) is 0.471. The molecule has 10 nitrogen and oxygen atoms in total. The van der Waals surface area contributed by atoms with E-state index in [0.29, 0.717) is 49.4 Å². The van der Waals surface area contributed by atoms with Gasteiger partial charge in [0.05, 0.1) is 33.0 Å². The molecule has 0 saturated heterocycles. The normalized spacial score (nSPS) is 16.6. The van der Waals surface area contributed by atoms with Crippen molar-refractivity contribution in [2.75, 3.05) is 44.2 Å². The Morgan fingerprint density at radius 2 is 1.78 bits per heavy atom. The van der Waals surface area contributed by atoms with E-state index < -0.39 is 5.97 Å². The van der Waals surface area contributed by atoms with Crippen LogP contribution in [-0.2, 0) is 9.47 Å². The highest BCUT2D eigenvalue weighted by Crippen LogP contribution is 2.27. The fourth-order valence-electron chi connectivity index (χ4n) is 3.90. The fourth-order valence-corrected chi connectivity index (χ4v) is 3.90. The molecule has 1 unspecified atom stereocenters. The number of hydrogen-bond acceptors (Lipinski definition) is 10. The lowest BCUT2D eigenvalue weighted by molar-refractivity contribution is 0.0596. The Morgan fingerprint density at radius 1 is 1.00 bits per heavy atom. The SMILES string of the molecule is CCOc1nc2nc(n1)NC(c1ccccc1)COCCCCCCOc1cc(ccc1C(=O)OC)N2. The van der Waals surface area contributed by atoms with Crippen molar-refractivity contribution in [3.8, 4) is 11.8 Å². The third-order valence-corrected chi connectivity index (χ3v) is 5.76. The van der Waals surface area contributed by atoms with E-state index >= 15 is 0 Å². The summed E-state index contributed by atoms with van der Waals surface area (Å²) < 4.78 is 22.5. The Morgan fingerprint density at radius 3 is 2.57 bits per heavy atom. The van der Waals surface area contributed by atoms with Crippen LogP contribution in [0.15, 0.2) is 48.5 Å². The zero-order valence-corrected chi connectivity index (χ0v) is 21.2. The Bertz CT molecular complexity index is 1160. The first kappa shape index (κ1) is 26.2. The molecule has 1 atom stereocenters. The van der Waals surface area contributed by atoms with Gasteiger partial charge in [-0.1, -0.05) is 36.8 Å². The molecule has 10 heteroatoms. The van der Waals surface area contributed by atoms with Crippen LogP contribution in [-0.4, -0.2) is 54.5 Å². The second-order valence-electron chi connectivity index (χ2n) is 8.47. The summed E-state index contributed by atoms with van der Waals surface area (Å²) in [6, 6.07) is 15.2. The van der Waals surface area contributed by atoms with Crippen LogP contribution in [0.3, 0.4) is 0 Å². The van der Waals surface area contributed by atoms with Gasteiger partial charge in [-0.05, 0) is 43.9 Å². The molecule has 0 amide bonds. The first-order chi connectivity index (χ1) is 18.2. The third-order valence-electron chi connectivity index (χ3n) is 5.76. The summed E-state index contributed by atoms with van der Waals surface area (Å²) in [4.78, 5) is 25.7. The molecule has 0 aliphatic carbocycles. The van der Waals surface area contributed by atoms with Crippen molar-refractivity contribution in [1.29, 1.82) is 0 Å². The summed E-state index contributed by atoms with van der Waals surface area (Å²) >= 11 is 0. The predicted octanol–water partition coefficient (Wildman–Crippen LogP) is 4.92. The minimum atomic E-state index is -0.460. The van der Waals surface area contributed by atoms with Crippen LogP contribution < -0.4 is 20.1 Å². The van der Waals surface area contributed by atoms with Crippen LogP contribution >= 0.6 is 0 Å². The van der Waals surface area contributed by atoms with Gasteiger partial charge < -0.3 is 29.6 Å². The van der Waals surface area contributed by atoms with Gasteiger partial charge in [0.1, 0.15) is 11.3 Å². The van der Waals surface area contributed by atoms with Crippen molar-refractivity contribution in [3.05, 3.63) is 59.7 Å². The van der Waals surface area contributed by atoms with Gasteiger partial charge in [-0.15, -0.1) is 0 Å². The maximum Gasteiger partial charge on any atom is 0.341 e. The standard InChI is InChI=1S/C27H33N5O5/c1-3-36-27-31-25-28-20-13-14-21(24(33)34-2)23(17-20)37-16-10-5-4-9-15-35-18-22(29-26(30-25)32-27)19-11-7-6-8-12-19/h6-8,11-14,17,22H,3-5,9-10,15-16,18H2,1-2H3,(H2,28,29,30,31,32). The van der Waals surface area contributed by atoms with E-state index in [0.717, 1.165) is 31.2 Å². The van der Waals surface area contributed by atoms with Gasteiger partial charge in [0.25, 0.3) is 0 Å². The molecule has 0 saturated carbocycles. The summed E-state index contributed by atoms with van der Waals surface area (Å²) in [5.41, 5.74) is 2.06. The number of esters is 1. The van der Waals surface area contributed by atoms with Crippen LogP contribution in [0.1, 0.15) is 54.6 Å². The lowest BCUT2D eigenvalue weighted by atomic mass is 10.1. The number of methoxy groups -OCH3 is 1. The van der Waals surface area contributed by atoms with Gasteiger partial charge in [-0.25, -0.2) is 4.79 Å². The van der Waals surface area contributed by atoms with Gasteiger partial charge in [0, 0.05) is 18.4 Å². The highest BCUT2D eigenvalue weighted by molar-refractivity contribution is 5.93. The Labute approximate surface area is 216 Å². The summed E-state index contributed by atoms with van der Waals surface area (Å²) in [6.45, 7) is 3.86. The Balaban J connectivity index is 1.68. The van der Waals surface area contributed by atoms with Crippen molar-refractivity contribution < 1.29 is 23.7 Å². The molecule has 196 valence electrons. The van der Waals surface area contributed by atoms with Gasteiger partial charge in [0.2, 0.25) is 11.9 Å². The summed E-state index contributed by atoms with van der Waals surface area (Å²) in [5.74, 6) is 0.606. The molecule has 4 rings (SSSR count). The molecular weight excluding hydrogens is 474 g/mol. The number of benzene rings is 2. The van der Waals surface area contributed by atoms with Crippen molar-refractivity contribution in [3.63, 3.8) is 0 Å². The van der Waals surface area contributed by atoms with Crippen molar-refractivity contribution in [2.24, 2.45) is 0 Å². The van der Waals surface area contributed by atoms with Crippen molar-refractivity contribution in [2.45, 2.75) is 38.6 Å². The molecule has 2 heterocycles. The van der Waals surface area contributed by atoms with E-state index in [1.54, 1.807) is 18.2 Å². The van der Waals surface area contributed by atoms with E-state index in [-0.39, 0.29) is 18.0 Å². The zero-order valence-electron chi connectivity index (χ0n) is 21.2. The third kappa shape index (κ3) is 7.53. The maximum atomic E-state index is 12.3. The summed E-state index contributed by atoms with van der Waals surface area (Å²) in [5, 5.41) is 6.56. The Kier molecular flexibility index (Phi) is 9.47. The number of anilines is 3. The molecule has 37 heavy (non-hydrogen) atoms. The number of carbonyl (C=O) groups is 1. The highest BCUT2D eigenvalue weighted by Gasteiger charge is 2.18. The molecule has 2 aromatic carbocycles. The van der Waals surface area contributed by atoms with E-state index in [2.05, 4.69) is 25.6 Å². The molecule has 3 aromatic rings. The number of fused-ring (bicyclic) bond motifs is 4. The largest absolute Gasteiger partial charge is 0.493 e. The zero-order chi connectivity index (χ0) is 25.9. The average Bonchev–Trinajstić information content (AvgIpc) is 2.91. The predicted molar refractivity (Wildman–Crippen MR) is 140 cm³/mol. The number of nitrogens with one attached hydrogen (secondary N) is 2. The average molecular weight is 508 g/mol. The van der Waals surface area contributed by atoms with E-state index in [9.17, 15) is 4.79 Å². The van der Waals surface area contributed by atoms with Crippen LogP contribution in [0.4, 0.5) is 17.6 Å². The lowest BCUT2D eigenvalue weighted by Crippen LogP contribution is -2.20. The van der Waals surface area contributed by atoms with Crippen molar-refractivity contribution >= 4 is 23.6 Å². The number of ether oxygens (including phenoxy) is 4. The number of rotatable bonds is 4. The molecule has 0 radical (unpaired) electrons. The van der Waals surface area contributed by atoms with Crippen LogP contribution in [0, 0.1) is 0 Å². The molecule has 0 fully saturated rings. The maximum absolute atomic E-state index is 12.3. The van der Waals surface area contributed by atoms with Gasteiger partial charge in [-0.2, -0.15) is 15.0 Å². The van der Waals surface area contributed by atoms with Gasteiger partial charge in [0.15, 0.2) is 0 Å². The lowest BCUT2D eigenvalue weighted by Gasteiger charge is -2.20. The molecule has 4 bridgehead atoms. The smallest absolute Gasteiger partial charge is 0.341 e. The minimum absolute atomic E-state index is 0.163. The van der Waals surface area contributed by atoms with E-state index in [1.807, 2.05) is 37.3 Å². The molecule has 1 aliphatic rings. The summed E-state index contributed by atoms with van der Waals surface area (Å²) in [6.07, 6.45) is 3.82. The first-order valence-corrected chi connectivity index (χ1v) is 12.6. The second-order valence-corrected chi connectivity index (χ2v) is 8.47. The number of carbonyl (C=O) groups excluding carboxylic acids is 1. The monoisotopic (exact) mass is 507 g/mol. The second kappa shape index (κ2) is 13.4. The fraction of sp³-hybridized carbons (Fsp3) is 0.407. The highest BCUT2D eigenvalue weighted by atomic mass is 16.5.